The van der Waals surface area contributed by atoms with Crippen molar-refractivity contribution in [2.75, 3.05) is 5.75 Å². The maximum Gasteiger partial charge on any atom is 0.261 e. The number of carbonyl (C=O) groups is 1. The highest BCUT2D eigenvalue weighted by atomic mass is 79.9. The zero-order valence-electron chi connectivity index (χ0n) is 8.78. The first-order valence-electron chi connectivity index (χ1n) is 4.63. The standard InChI is InChI=1S/C10H9BrCl2O3S/c1-2-17(15,16)10(11,13)9(14)7-3-5-8(12)6-4-7/h3-6H,2H2,1H3/t10-/m1/s1. The van der Waals surface area contributed by atoms with Gasteiger partial charge in [0.15, 0.2) is 9.84 Å². The summed E-state index contributed by atoms with van der Waals surface area (Å²) in [5, 5.41) is 0.453. The monoisotopic (exact) mass is 358 g/mol. The second-order valence-electron chi connectivity index (χ2n) is 3.26. The minimum absolute atomic E-state index is 0.179. The molecule has 0 bridgehead atoms. The maximum atomic E-state index is 12.0. The Kier molecular flexibility index (Phi) is 4.63. The molecule has 7 heteroatoms. The number of carbonyl (C=O) groups excluding carboxylic acids is 1. The molecular formula is C10H9BrCl2O3S. The predicted molar refractivity (Wildman–Crippen MR) is 72.8 cm³/mol. The van der Waals surface area contributed by atoms with Crippen LogP contribution in [0.4, 0.5) is 0 Å². The van der Waals surface area contributed by atoms with Crippen molar-refractivity contribution in [1.29, 1.82) is 0 Å². The molecule has 1 atom stereocenters. The molecular weight excluding hydrogens is 351 g/mol. The number of sulfone groups is 1. The average molecular weight is 360 g/mol. The first kappa shape index (κ1) is 15.0. The Hall–Kier alpha value is -0.100. The van der Waals surface area contributed by atoms with E-state index in [2.05, 4.69) is 15.9 Å². The Morgan fingerprint density at radius 3 is 2.24 bits per heavy atom. The fourth-order valence-electron chi connectivity index (χ4n) is 1.09. The maximum absolute atomic E-state index is 12.0. The molecule has 94 valence electrons. The van der Waals surface area contributed by atoms with Gasteiger partial charge in [0.25, 0.3) is 3.12 Å². The van der Waals surface area contributed by atoms with Gasteiger partial charge < -0.3 is 0 Å². The number of halogens is 3. The lowest BCUT2D eigenvalue weighted by atomic mass is 10.1. The minimum atomic E-state index is -3.76. The first-order chi connectivity index (χ1) is 7.72. The second-order valence-corrected chi connectivity index (χ2v) is 9.07. The quantitative estimate of drug-likeness (QED) is 0.612. The minimum Gasteiger partial charge on any atom is -0.290 e. The SMILES string of the molecule is CCS(=O)(=O)[C@@](Cl)(Br)C(=O)c1ccc(Cl)cc1. The third-order valence-corrected chi connectivity index (χ3v) is 6.84. The van der Waals surface area contributed by atoms with Crippen LogP contribution in [0.25, 0.3) is 0 Å². The van der Waals surface area contributed by atoms with Gasteiger partial charge in [0.1, 0.15) is 0 Å². The van der Waals surface area contributed by atoms with Crippen molar-refractivity contribution >= 4 is 54.8 Å². The molecule has 0 spiro atoms. The van der Waals surface area contributed by atoms with Gasteiger partial charge in [-0.2, -0.15) is 0 Å². The van der Waals surface area contributed by atoms with Crippen molar-refractivity contribution < 1.29 is 13.2 Å². The zero-order chi connectivity index (χ0) is 13.3. The number of alkyl halides is 2. The topological polar surface area (TPSA) is 51.2 Å². The Balaban J connectivity index is 3.18. The van der Waals surface area contributed by atoms with Crippen molar-refractivity contribution in [2.45, 2.75) is 10.0 Å². The van der Waals surface area contributed by atoms with Crippen LogP contribution >= 0.6 is 39.1 Å². The summed E-state index contributed by atoms with van der Waals surface area (Å²) in [6, 6.07) is 5.84. The Bertz CT molecular complexity index is 523. The molecule has 1 aromatic carbocycles. The summed E-state index contributed by atoms with van der Waals surface area (Å²) in [7, 11) is -3.76. The normalized spacial score (nSPS) is 15.3. The summed E-state index contributed by atoms with van der Waals surface area (Å²) >= 11 is 14.3. The number of hydrogen-bond donors (Lipinski definition) is 0. The van der Waals surface area contributed by atoms with Gasteiger partial charge >= 0.3 is 0 Å². The molecule has 0 aliphatic rings. The highest BCUT2D eigenvalue weighted by molar-refractivity contribution is 9.12. The number of benzene rings is 1. The second kappa shape index (κ2) is 5.26. The van der Waals surface area contributed by atoms with E-state index in [1.165, 1.54) is 31.2 Å². The van der Waals surface area contributed by atoms with Gasteiger partial charge in [-0.15, -0.1) is 0 Å². The van der Waals surface area contributed by atoms with Crippen LogP contribution in [0.15, 0.2) is 24.3 Å². The molecule has 0 N–H and O–H groups in total. The molecule has 0 heterocycles. The highest BCUT2D eigenvalue weighted by Crippen LogP contribution is 2.35. The Labute approximate surface area is 118 Å². The summed E-state index contributed by atoms with van der Waals surface area (Å²) < 4.78 is 21.2. The summed E-state index contributed by atoms with van der Waals surface area (Å²) in [4.78, 5) is 12.0. The van der Waals surface area contributed by atoms with Crippen LogP contribution in [0.3, 0.4) is 0 Å². The van der Waals surface area contributed by atoms with Gasteiger partial charge in [0.2, 0.25) is 5.78 Å². The number of hydrogen-bond acceptors (Lipinski definition) is 3. The number of Topliss-reactive ketones (excluding diaryl/α,β-unsaturated/α-hetero) is 1. The molecule has 3 nitrogen and oxygen atoms in total. The lowest BCUT2D eigenvalue weighted by Gasteiger charge is -2.18. The molecule has 17 heavy (non-hydrogen) atoms. The van der Waals surface area contributed by atoms with Crippen molar-refractivity contribution in [1.82, 2.24) is 0 Å². The molecule has 0 radical (unpaired) electrons. The molecule has 0 amide bonds. The fourth-order valence-corrected chi connectivity index (χ4v) is 3.33. The van der Waals surface area contributed by atoms with Gasteiger partial charge in [-0.05, 0) is 40.2 Å². The van der Waals surface area contributed by atoms with E-state index < -0.39 is 18.7 Å². The Morgan fingerprint density at radius 1 is 1.35 bits per heavy atom. The van der Waals surface area contributed by atoms with Gasteiger partial charge in [-0.25, -0.2) is 8.42 Å². The van der Waals surface area contributed by atoms with Crippen LogP contribution in [-0.4, -0.2) is 23.1 Å². The van der Waals surface area contributed by atoms with E-state index in [9.17, 15) is 13.2 Å². The van der Waals surface area contributed by atoms with E-state index in [-0.39, 0.29) is 11.3 Å². The van der Waals surface area contributed by atoms with E-state index in [1.807, 2.05) is 0 Å². The summed E-state index contributed by atoms with van der Waals surface area (Å²) in [5.41, 5.74) is 0.179. The van der Waals surface area contributed by atoms with Gasteiger partial charge in [-0.3, -0.25) is 4.79 Å². The summed E-state index contributed by atoms with van der Waals surface area (Å²) in [6.07, 6.45) is 0. The van der Waals surface area contributed by atoms with Crippen LogP contribution < -0.4 is 0 Å². The van der Waals surface area contributed by atoms with Crippen molar-refractivity contribution in [3.8, 4) is 0 Å². The van der Waals surface area contributed by atoms with Crippen molar-refractivity contribution in [3.63, 3.8) is 0 Å². The number of ketones is 1. The van der Waals surface area contributed by atoms with Crippen molar-refractivity contribution in [3.05, 3.63) is 34.9 Å². The van der Waals surface area contributed by atoms with E-state index in [1.54, 1.807) is 0 Å². The molecule has 0 fully saturated rings. The molecule has 0 aliphatic carbocycles. The summed E-state index contributed by atoms with van der Waals surface area (Å²) in [5.74, 6) is -0.959. The smallest absolute Gasteiger partial charge is 0.261 e. The van der Waals surface area contributed by atoms with Gasteiger partial charge in [0.05, 0.1) is 5.75 Å². The molecule has 0 saturated heterocycles. The largest absolute Gasteiger partial charge is 0.290 e. The lowest BCUT2D eigenvalue weighted by Crippen LogP contribution is -2.36. The van der Waals surface area contributed by atoms with E-state index in [0.29, 0.717) is 5.02 Å². The first-order valence-corrected chi connectivity index (χ1v) is 7.83. The van der Waals surface area contributed by atoms with Crippen LogP contribution in [-0.2, 0) is 9.84 Å². The van der Waals surface area contributed by atoms with Crippen LogP contribution in [0.2, 0.25) is 5.02 Å². The third kappa shape index (κ3) is 3.02. The van der Waals surface area contributed by atoms with Crippen LogP contribution in [0.1, 0.15) is 17.3 Å². The van der Waals surface area contributed by atoms with E-state index >= 15 is 0 Å². The van der Waals surface area contributed by atoms with Crippen LogP contribution in [0, 0.1) is 0 Å². The molecule has 0 saturated carbocycles. The predicted octanol–water partition coefficient (Wildman–Crippen LogP) is 3.24. The lowest BCUT2D eigenvalue weighted by molar-refractivity contribution is 0.1000. The van der Waals surface area contributed by atoms with Crippen molar-refractivity contribution in [2.24, 2.45) is 0 Å². The molecule has 0 unspecified atom stereocenters. The molecule has 0 aliphatic heterocycles. The molecule has 1 rings (SSSR count). The van der Waals surface area contributed by atoms with Gasteiger partial charge in [0, 0.05) is 10.6 Å². The average Bonchev–Trinajstić information content (AvgIpc) is 2.28. The van der Waals surface area contributed by atoms with Gasteiger partial charge in [-0.1, -0.05) is 30.1 Å². The Morgan fingerprint density at radius 2 is 1.82 bits per heavy atom. The third-order valence-electron chi connectivity index (χ3n) is 2.14. The van der Waals surface area contributed by atoms with E-state index in [4.69, 9.17) is 23.2 Å². The number of rotatable bonds is 4. The summed E-state index contributed by atoms with van der Waals surface area (Å²) in [6.45, 7) is 1.42. The highest BCUT2D eigenvalue weighted by Gasteiger charge is 2.45. The van der Waals surface area contributed by atoms with Crippen LogP contribution in [0.5, 0.6) is 0 Å². The zero-order valence-corrected chi connectivity index (χ0v) is 12.7. The molecule has 0 aromatic heterocycles. The van der Waals surface area contributed by atoms with E-state index in [0.717, 1.165) is 0 Å². The molecule has 1 aromatic rings. The fraction of sp³-hybridized carbons (Fsp3) is 0.300.